The number of carbonyl (C=O) groups excluding carboxylic acids is 1. The van der Waals surface area contributed by atoms with Crippen molar-refractivity contribution in [3.8, 4) is 11.5 Å². The molecule has 2 unspecified atom stereocenters. The first-order valence-corrected chi connectivity index (χ1v) is 9.16. The number of rotatable bonds is 3. The summed E-state index contributed by atoms with van der Waals surface area (Å²) in [6, 6.07) is 14.5. The Bertz CT molecular complexity index is 1020. The number of nitrogens with zero attached hydrogens (tertiary/aromatic N) is 3. The lowest BCUT2D eigenvalue weighted by Gasteiger charge is -2.25. The molecule has 2 atom stereocenters. The third-order valence-electron chi connectivity index (χ3n) is 5.51. The van der Waals surface area contributed by atoms with Crippen LogP contribution in [0.25, 0.3) is 11.5 Å². The maximum atomic E-state index is 13.4. The van der Waals surface area contributed by atoms with Gasteiger partial charge in [-0.2, -0.15) is 4.98 Å². The highest BCUT2D eigenvalue weighted by molar-refractivity contribution is 5.80. The number of aryl methyl sites for hydroxylation is 1. The molecular formula is C21H18FN3O2. The van der Waals surface area contributed by atoms with E-state index in [1.807, 2.05) is 17.0 Å². The molecule has 5 rings (SSSR count). The smallest absolute Gasteiger partial charge is 0.258 e. The number of amides is 1. The molecule has 2 heterocycles. The molecule has 1 fully saturated rings. The average molecular weight is 363 g/mol. The van der Waals surface area contributed by atoms with Crippen LogP contribution in [0.5, 0.6) is 0 Å². The van der Waals surface area contributed by atoms with E-state index in [0.29, 0.717) is 24.4 Å². The normalized spacial score (nSPS) is 21.7. The summed E-state index contributed by atoms with van der Waals surface area (Å²) in [4.78, 5) is 19.0. The van der Waals surface area contributed by atoms with Crippen LogP contribution in [0.2, 0.25) is 0 Å². The number of fused-ring (bicyclic) bond motifs is 1. The summed E-state index contributed by atoms with van der Waals surface area (Å²) >= 11 is 0. The number of likely N-dealkylation sites (tertiary alicyclic amines) is 1. The highest BCUT2D eigenvalue weighted by Crippen LogP contribution is 2.40. The molecule has 1 aromatic heterocycles. The van der Waals surface area contributed by atoms with Crippen molar-refractivity contribution >= 4 is 5.91 Å². The van der Waals surface area contributed by atoms with Crippen molar-refractivity contribution in [1.29, 1.82) is 0 Å². The molecule has 1 aliphatic heterocycles. The third-order valence-corrected chi connectivity index (χ3v) is 5.51. The minimum absolute atomic E-state index is 0.101. The summed E-state index contributed by atoms with van der Waals surface area (Å²) in [5.41, 5.74) is 3.12. The molecule has 27 heavy (non-hydrogen) atoms. The fourth-order valence-electron chi connectivity index (χ4n) is 4.20. The Morgan fingerprint density at radius 2 is 2.04 bits per heavy atom. The number of carbonyl (C=O) groups is 1. The van der Waals surface area contributed by atoms with Crippen LogP contribution >= 0.6 is 0 Å². The number of aromatic nitrogens is 2. The van der Waals surface area contributed by atoms with E-state index in [4.69, 9.17) is 4.52 Å². The van der Waals surface area contributed by atoms with Gasteiger partial charge in [-0.05, 0) is 42.2 Å². The van der Waals surface area contributed by atoms with Crippen molar-refractivity contribution in [2.75, 3.05) is 6.54 Å². The van der Waals surface area contributed by atoms with E-state index in [0.717, 1.165) is 12.8 Å². The van der Waals surface area contributed by atoms with Crippen molar-refractivity contribution in [3.63, 3.8) is 0 Å². The molecule has 0 N–H and O–H groups in total. The number of hydrogen-bond acceptors (Lipinski definition) is 4. The average Bonchev–Trinajstić information content (AvgIpc) is 3.39. The number of benzene rings is 2. The molecule has 1 amide bonds. The molecule has 0 radical (unpaired) electrons. The SMILES string of the molecule is O=C1CC(c2noc(-c3cccc(F)c3)n2)CN1C1CCc2ccccc21. The van der Waals surface area contributed by atoms with Crippen LogP contribution in [0.15, 0.2) is 53.1 Å². The van der Waals surface area contributed by atoms with Crippen LogP contribution in [-0.2, 0) is 11.2 Å². The van der Waals surface area contributed by atoms with E-state index in [-0.39, 0.29) is 29.6 Å². The Morgan fingerprint density at radius 3 is 2.93 bits per heavy atom. The van der Waals surface area contributed by atoms with Gasteiger partial charge in [-0.15, -0.1) is 0 Å². The molecule has 2 aromatic carbocycles. The third kappa shape index (κ3) is 2.81. The molecule has 2 aliphatic rings. The van der Waals surface area contributed by atoms with Gasteiger partial charge < -0.3 is 9.42 Å². The van der Waals surface area contributed by atoms with Gasteiger partial charge in [0.2, 0.25) is 5.91 Å². The van der Waals surface area contributed by atoms with Crippen molar-refractivity contribution in [2.45, 2.75) is 31.2 Å². The standard InChI is InChI=1S/C21H18FN3O2/c22-16-6-3-5-14(10-16)21-23-20(24-27-21)15-11-19(26)25(12-15)18-9-8-13-4-1-2-7-17(13)18/h1-7,10,15,18H,8-9,11-12H2. The van der Waals surface area contributed by atoms with E-state index in [9.17, 15) is 9.18 Å². The Hall–Kier alpha value is -3.02. The largest absolute Gasteiger partial charge is 0.335 e. The molecule has 3 aromatic rings. The molecule has 5 nitrogen and oxygen atoms in total. The molecule has 136 valence electrons. The van der Waals surface area contributed by atoms with Gasteiger partial charge in [0.05, 0.1) is 6.04 Å². The van der Waals surface area contributed by atoms with Gasteiger partial charge in [0.15, 0.2) is 5.82 Å². The van der Waals surface area contributed by atoms with Gasteiger partial charge in [0.1, 0.15) is 5.82 Å². The zero-order valence-electron chi connectivity index (χ0n) is 14.6. The van der Waals surface area contributed by atoms with Crippen molar-refractivity contribution in [3.05, 3.63) is 71.3 Å². The molecule has 1 aliphatic carbocycles. The van der Waals surface area contributed by atoms with Gasteiger partial charge in [-0.25, -0.2) is 4.39 Å². The second-order valence-corrected chi connectivity index (χ2v) is 7.17. The first-order chi connectivity index (χ1) is 13.2. The molecule has 1 saturated heterocycles. The summed E-state index contributed by atoms with van der Waals surface area (Å²) in [6.45, 7) is 0.583. The summed E-state index contributed by atoms with van der Waals surface area (Å²) in [7, 11) is 0. The van der Waals surface area contributed by atoms with Crippen LogP contribution in [0.1, 0.15) is 41.8 Å². The van der Waals surface area contributed by atoms with Crippen LogP contribution in [0.4, 0.5) is 4.39 Å². The Morgan fingerprint density at radius 1 is 1.15 bits per heavy atom. The highest BCUT2D eigenvalue weighted by Gasteiger charge is 2.39. The lowest BCUT2D eigenvalue weighted by Crippen LogP contribution is -2.28. The van der Waals surface area contributed by atoms with Crippen LogP contribution in [0, 0.1) is 5.82 Å². The quantitative estimate of drug-likeness (QED) is 0.709. The summed E-state index contributed by atoms with van der Waals surface area (Å²) in [5, 5.41) is 4.06. The minimum atomic E-state index is -0.352. The maximum absolute atomic E-state index is 13.4. The zero-order valence-corrected chi connectivity index (χ0v) is 14.6. The van der Waals surface area contributed by atoms with Gasteiger partial charge >= 0.3 is 0 Å². The Labute approximate surface area is 155 Å². The fraction of sp³-hybridized carbons (Fsp3) is 0.286. The van der Waals surface area contributed by atoms with Gasteiger partial charge in [-0.1, -0.05) is 35.5 Å². The van der Waals surface area contributed by atoms with E-state index in [2.05, 4.69) is 22.3 Å². The molecule has 0 spiro atoms. The van der Waals surface area contributed by atoms with Gasteiger partial charge in [0, 0.05) is 24.4 Å². The first-order valence-electron chi connectivity index (χ1n) is 9.16. The monoisotopic (exact) mass is 363 g/mol. The fourth-order valence-corrected chi connectivity index (χ4v) is 4.20. The maximum Gasteiger partial charge on any atom is 0.258 e. The van der Waals surface area contributed by atoms with Crippen molar-refractivity contribution < 1.29 is 13.7 Å². The topological polar surface area (TPSA) is 59.2 Å². The van der Waals surface area contributed by atoms with Crippen molar-refractivity contribution in [1.82, 2.24) is 15.0 Å². The Balaban J connectivity index is 1.37. The van der Waals surface area contributed by atoms with E-state index >= 15 is 0 Å². The van der Waals surface area contributed by atoms with Gasteiger partial charge in [-0.3, -0.25) is 4.79 Å². The molecule has 0 bridgehead atoms. The number of hydrogen-bond donors (Lipinski definition) is 0. The van der Waals surface area contributed by atoms with E-state index in [1.54, 1.807) is 12.1 Å². The Kier molecular flexibility index (Phi) is 3.77. The molecule has 0 saturated carbocycles. The highest BCUT2D eigenvalue weighted by atomic mass is 19.1. The second kappa shape index (κ2) is 6.30. The summed E-state index contributed by atoms with van der Waals surface area (Å²) in [6.07, 6.45) is 2.33. The minimum Gasteiger partial charge on any atom is -0.335 e. The van der Waals surface area contributed by atoms with Gasteiger partial charge in [0.25, 0.3) is 5.89 Å². The van der Waals surface area contributed by atoms with E-state index < -0.39 is 0 Å². The summed E-state index contributed by atoms with van der Waals surface area (Å²) < 4.78 is 18.7. The zero-order chi connectivity index (χ0) is 18.4. The van der Waals surface area contributed by atoms with E-state index in [1.165, 1.54) is 23.3 Å². The second-order valence-electron chi connectivity index (χ2n) is 7.17. The lowest BCUT2D eigenvalue weighted by molar-refractivity contribution is -0.129. The summed E-state index contributed by atoms with van der Waals surface area (Å²) in [5.74, 6) is 0.461. The van der Waals surface area contributed by atoms with Crippen LogP contribution < -0.4 is 0 Å². The van der Waals surface area contributed by atoms with Crippen LogP contribution in [0.3, 0.4) is 0 Å². The predicted molar refractivity (Wildman–Crippen MR) is 96.3 cm³/mol. The lowest BCUT2D eigenvalue weighted by atomic mass is 10.1. The first kappa shape index (κ1) is 16.2. The number of halogens is 1. The molecular weight excluding hydrogens is 345 g/mol. The van der Waals surface area contributed by atoms with Crippen molar-refractivity contribution in [2.24, 2.45) is 0 Å². The molecule has 6 heteroatoms. The van der Waals surface area contributed by atoms with Crippen LogP contribution in [-0.4, -0.2) is 27.5 Å². The predicted octanol–water partition coefficient (Wildman–Crippen LogP) is 3.88.